The van der Waals surface area contributed by atoms with E-state index in [-0.39, 0.29) is 17.8 Å². The number of amides is 1. The highest BCUT2D eigenvalue weighted by molar-refractivity contribution is 5.78. The molecule has 1 atom stereocenters. The predicted molar refractivity (Wildman–Crippen MR) is 128 cm³/mol. The molecular formula is C26H31FN4O. The maximum absolute atomic E-state index is 14.5. The van der Waals surface area contributed by atoms with Gasteiger partial charge in [0.1, 0.15) is 5.82 Å². The van der Waals surface area contributed by atoms with Gasteiger partial charge in [-0.2, -0.15) is 0 Å². The van der Waals surface area contributed by atoms with Crippen LogP contribution in [-0.2, 0) is 4.79 Å². The van der Waals surface area contributed by atoms with Crippen LogP contribution in [0.3, 0.4) is 0 Å². The largest absolute Gasteiger partial charge is 0.401 e. The molecule has 0 spiro atoms. The maximum atomic E-state index is 14.5. The van der Waals surface area contributed by atoms with Crippen molar-refractivity contribution in [2.75, 3.05) is 25.0 Å². The fourth-order valence-electron chi connectivity index (χ4n) is 4.53. The summed E-state index contributed by atoms with van der Waals surface area (Å²) in [6.45, 7) is 7.56. The molecule has 0 saturated heterocycles. The Balaban J connectivity index is 1.74. The van der Waals surface area contributed by atoms with E-state index in [4.69, 9.17) is 5.73 Å². The van der Waals surface area contributed by atoms with E-state index in [2.05, 4.69) is 34.9 Å². The van der Waals surface area contributed by atoms with Crippen molar-refractivity contribution < 1.29 is 9.18 Å². The normalized spacial score (nSPS) is 19.9. The van der Waals surface area contributed by atoms with Crippen LogP contribution < -0.4 is 16.4 Å². The number of allylic oxidation sites excluding steroid dienone is 1. The Labute approximate surface area is 189 Å². The number of hydrogen-bond donors (Lipinski definition) is 3. The first kappa shape index (κ1) is 21.9. The standard InChI is InChI=1S/C26H31FN4O/c1-16-4-7-23(27)25(14-16)30-24-8-11-29-26(17(2)28)21-6-5-20(15-22(21)24)19-9-12-31(13-10-19)18(3)32/h4-7,9,14-15,24,29-30H,8,10-13,28H2,1-3H3/b26-17-. The van der Waals surface area contributed by atoms with Crippen LogP contribution in [0.2, 0.25) is 0 Å². The lowest BCUT2D eigenvalue weighted by molar-refractivity contribution is -0.128. The summed E-state index contributed by atoms with van der Waals surface area (Å²) in [6.07, 6.45) is 3.74. The van der Waals surface area contributed by atoms with Gasteiger partial charge in [0.2, 0.25) is 5.91 Å². The number of anilines is 1. The van der Waals surface area contributed by atoms with Crippen molar-refractivity contribution in [3.05, 3.63) is 76.2 Å². The van der Waals surface area contributed by atoms with Crippen molar-refractivity contribution >= 4 is 22.9 Å². The van der Waals surface area contributed by atoms with Crippen LogP contribution in [0.25, 0.3) is 11.3 Å². The summed E-state index contributed by atoms with van der Waals surface area (Å²) in [4.78, 5) is 13.5. The van der Waals surface area contributed by atoms with Crippen LogP contribution in [0, 0.1) is 12.7 Å². The summed E-state index contributed by atoms with van der Waals surface area (Å²) in [5.74, 6) is -0.151. The molecule has 4 N–H and O–H groups in total. The van der Waals surface area contributed by atoms with E-state index in [0.29, 0.717) is 12.2 Å². The summed E-state index contributed by atoms with van der Waals surface area (Å²) in [5, 5.41) is 6.91. The third-order valence-electron chi connectivity index (χ3n) is 6.30. The number of aryl methyl sites for hydroxylation is 1. The highest BCUT2D eigenvalue weighted by atomic mass is 19.1. The van der Waals surface area contributed by atoms with E-state index in [9.17, 15) is 9.18 Å². The molecule has 1 amide bonds. The Kier molecular flexibility index (Phi) is 6.21. The minimum atomic E-state index is -0.254. The van der Waals surface area contributed by atoms with Crippen LogP contribution in [0.15, 0.2) is 48.2 Å². The van der Waals surface area contributed by atoms with Gasteiger partial charge in [0.25, 0.3) is 0 Å². The summed E-state index contributed by atoms with van der Waals surface area (Å²) in [5.41, 5.74) is 13.9. The molecule has 0 aromatic heterocycles. The molecule has 32 heavy (non-hydrogen) atoms. The van der Waals surface area contributed by atoms with E-state index in [1.165, 1.54) is 11.6 Å². The zero-order chi connectivity index (χ0) is 22.8. The second kappa shape index (κ2) is 9.07. The molecule has 0 bridgehead atoms. The van der Waals surface area contributed by atoms with Gasteiger partial charge in [-0.25, -0.2) is 4.39 Å². The number of rotatable bonds is 3. The number of benzene rings is 2. The Hall–Kier alpha value is -3.28. The molecule has 1 unspecified atom stereocenters. The molecule has 0 fully saturated rings. The molecule has 2 aliphatic heterocycles. The Bertz CT molecular complexity index is 1100. The molecule has 2 aromatic carbocycles. The van der Waals surface area contributed by atoms with Crippen LogP contribution in [0.4, 0.5) is 10.1 Å². The number of nitrogens with one attached hydrogen (secondary N) is 2. The monoisotopic (exact) mass is 434 g/mol. The van der Waals surface area contributed by atoms with Crippen molar-refractivity contribution in [2.24, 2.45) is 5.73 Å². The molecule has 0 radical (unpaired) electrons. The van der Waals surface area contributed by atoms with Crippen LogP contribution in [0.1, 0.15) is 55.0 Å². The van der Waals surface area contributed by atoms with E-state index in [1.54, 1.807) is 13.0 Å². The first-order chi connectivity index (χ1) is 15.3. The first-order valence-corrected chi connectivity index (χ1v) is 11.2. The highest BCUT2D eigenvalue weighted by Crippen LogP contribution is 2.35. The van der Waals surface area contributed by atoms with Gasteiger partial charge in [0.15, 0.2) is 0 Å². The van der Waals surface area contributed by atoms with Gasteiger partial charge >= 0.3 is 0 Å². The van der Waals surface area contributed by atoms with E-state index >= 15 is 0 Å². The summed E-state index contributed by atoms with van der Waals surface area (Å²) in [6, 6.07) is 11.5. The number of nitrogens with two attached hydrogens (primary N) is 1. The molecule has 5 nitrogen and oxygen atoms in total. The van der Waals surface area contributed by atoms with Gasteiger partial charge in [0, 0.05) is 37.8 Å². The zero-order valence-corrected chi connectivity index (χ0v) is 19.0. The molecule has 4 rings (SSSR count). The van der Waals surface area contributed by atoms with Gasteiger partial charge in [0.05, 0.1) is 17.4 Å². The molecule has 168 valence electrons. The number of fused-ring (bicyclic) bond motifs is 1. The second-order valence-electron chi connectivity index (χ2n) is 8.70. The van der Waals surface area contributed by atoms with Crippen molar-refractivity contribution in [3.63, 3.8) is 0 Å². The van der Waals surface area contributed by atoms with Crippen molar-refractivity contribution in [2.45, 2.75) is 39.7 Å². The molecule has 2 aromatic rings. The zero-order valence-electron chi connectivity index (χ0n) is 19.0. The Morgan fingerprint density at radius 2 is 2.03 bits per heavy atom. The molecule has 6 heteroatoms. The van der Waals surface area contributed by atoms with Gasteiger partial charge in [-0.05, 0) is 67.2 Å². The van der Waals surface area contributed by atoms with Crippen molar-refractivity contribution in [1.29, 1.82) is 0 Å². The van der Waals surface area contributed by atoms with Gasteiger partial charge in [-0.15, -0.1) is 0 Å². The number of halogens is 1. The number of nitrogens with zero attached hydrogens (tertiary/aromatic N) is 1. The SMILES string of the molecule is CC(=O)N1CC=C(c2ccc3c(c2)C(Nc2cc(C)ccc2F)CCN/C3=C(/C)N)CC1. The van der Waals surface area contributed by atoms with Crippen LogP contribution >= 0.6 is 0 Å². The van der Waals surface area contributed by atoms with Crippen LogP contribution in [-0.4, -0.2) is 30.4 Å². The number of carbonyl (C=O) groups is 1. The first-order valence-electron chi connectivity index (χ1n) is 11.2. The topological polar surface area (TPSA) is 70.4 Å². The molecule has 2 aliphatic rings. The fraction of sp³-hybridized carbons (Fsp3) is 0.346. The maximum Gasteiger partial charge on any atom is 0.219 e. The summed E-state index contributed by atoms with van der Waals surface area (Å²) >= 11 is 0. The molecule has 0 saturated carbocycles. The molecule has 2 heterocycles. The quantitative estimate of drug-likeness (QED) is 0.662. The smallest absolute Gasteiger partial charge is 0.219 e. The van der Waals surface area contributed by atoms with Gasteiger partial charge < -0.3 is 21.3 Å². The fourth-order valence-corrected chi connectivity index (χ4v) is 4.53. The van der Waals surface area contributed by atoms with E-state index in [1.807, 2.05) is 24.8 Å². The summed E-state index contributed by atoms with van der Waals surface area (Å²) in [7, 11) is 0. The van der Waals surface area contributed by atoms with Crippen molar-refractivity contribution in [1.82, 2.24) is 10.2 Å². The van der Waals surface area contributed by atoms with E-state index < -0.39 is 0 Å². The molecular weight excluding hydrogens is 403 g/mol. The number of hydrogen-bond acceptors (Lipinski definition) is 4. The Morgan fingerprint density at radius 1 is 1.22 bits per heavy atom. The lowest BCUT2D eigenvalue weighted by atomic mass is 9.90. The van der Waals surface area contributed by atoms with Gasteiger partial charge in [-0.1, -0.05) is 24.3 Å². The second-order valence-corrected chi connectivity index (χ2v) is 8.70. The number of carbonyl (C=O) groups excluding carboxylic acids is 1. The predicted octanol–water partition coefficient (Wildman–Crippen LogP) is 4.56. The average Bonchev–Trinajstić information content (AvgIpc) is 2.95. The minimum absolute atomic E-state index is 0.0662. The highest BCUT2D eigenvalue weighted by Gasteiger charge is 2.24. The average molecular weight is 435 g/mol. The third-order valence-corrected chi connectivity index (χ3v) is 6.30. The third kappa shape index (κ3) is 4.49. The Morgan fingerprint density at radius 3 is 2.72 bits per heavy atom. The van der Waals surface area contributed by atoms with E-state index in [0.717, 1.165) is 59.6 Å². The van der Waals surface area contributed by atoms with Gasteiger partial charge in [-0.3, -0.25) is 4.79 Å². The lowest BCUT2D eigenvalue weighted by Crippen LogP contribution is -2.32. The minimum Gasteiger partial charge on any atom is -0.401 e. The van der Waals surface area contributed by atoms with Crippen molar-refractivity contribution in [3.8, 4) is 0 Å². The van der Waals surface area contributed by atoms with Crippen LogP contribution in [0.5, 0.6) is 0 Å². The lowest BCUT2D eigenvalue weighted by Gasteiger charge is -2.27. The molecule has 0 aliphatic carbocycles. The summed E-state index contributed by atoms with van der Waals surface area (Å²) < 4.78 is 14.5.